The lowest BCUT2D eigenvalue weighted by atomic mass is 10.2. The van der Waals surface area contributed by atoms with Gasteiger partial charge in [-0.3, -0.25) is 4.98 Å². The topological polar surface area (TPSA) is 62.1 Å². The molecule has 0 aromatic carbocycles. The number of hydrogen-bond acceptors (Lipinski definition) is 5. The maximum absolute atomic E-state index is 9.45. The average molecular weight is 258 g/mol. The fraction of sp³-hybridized carbons (Fsp3) is 0.357. The second-order valence-corrected chi connectivity index (χ2v) is 4.66. The van der Waals surface area contributed by atoms with Crippen molar-refractivity contribution in [3.05, 3.63) is 36.3 Å². The fourth-order valence-corrected chi connectivity index (χ4v) is 1.87. The summed E-state index contributed by atoms with van der Waals surface area (Å²) in [5.41, 5.74) is 1.83. The molecule has 0 aliphatic carbocycles. The predicted octanol–water partition coefficient (Wildman–Crippen LogP) is 1.66. The second-order valence-electron chi connectivity index (χ2n) is 4.66. The standard InChI is InChI=1S/C14H18N4O/c1-10-8-13(18(3)9-11(2)19)17-14(16-10)12-4-6-15-7-5-12/h4-8,11,19H,9H2,1-3H3. The van der Waals surface area contributed by atoms with Gasteiger partial charge >= 0.3 is 0 Å². The summed E-state index contributed by atoms with van der Waals surface area (Å²) in [6, 6.07) is 5.67. The van der Waals surface area contributed by atoms with Crippen molar-refractivity contribution in [1.82, 2.24) is 15.0 Å². The van der Waals surface area contributed by atoms with Gasteiger partial charge in [0.15, 0.2) is 5.82 Å². The van der Waals surface area contributed by atoms with Gasteiger partial charge in [0.25, 0.3) is 0 Å². The maximum atomic E-state index is 9.45. The van der Waals surface area contributed by atoms with Gasteiger partial charge in [-0.1, -0.05) is 0 Å². The molecule has 2 rings (SSSR count). The van der Waals surface area contributed by atoms with E-state index < -0.39 is 6.10 Å². The molecule has 100 valence electrons. The summed E-state index contributed by atoms with van der Waals surface area (Å²) in [6.07, 6.45) is 3.05. The lowest BCUT2D eigenvalue weighted by Crippen LogP contribution is -2.27. The van der Waals surface area contributed by atoms with E-state index in [0.29, 0.717) is 12.4 Å². The van der Waals surface area contributed by atoms with Gasteiger partial charge in [-0.05, 0) is 26.0 Å². The summed E-state index contributed by atoms with van der Waals surface area (Å²) in [5, 5.41) is 9.45. The zero-order valence-corrected chi connectivity index (χ0v) is 11.4. The van der Waals surface area contributed by atoms with Gasteiger partial charge in [0.1, 0.15) is 5.82 Å². The summed E-state index contributed by atoms with van der Waals surface area (Å²) < 4.78 is 0. The molecule has 0 spiro atoms. The minimum atomic E-state index is -0.398. The molecule has 0 aliphatic rings. The van der Waals surface area contributed by atoms with E-state index in [1.54, 1.807) is 19.3 Å². The first-order valence-corrected chi connectivity index (χ1v) is 6.21. The van der Waals surface area contributed by atoms with E-state index in [9.17, 15) is 5.11 Å². The monoisotopic (exact) mass is 258 g/mol. The van der Waals surface area contributed by atoms with E-state index in [1.165, 1.54) is 0 Å². The van der Waals surface area contributed by atoms with Crippen LogP contribution < -0.4 is 4.90 Å². The number of aliphatic hydroxyl groups is 1. The highest BCUT2D eigenvalue weighted by molar-refractivity contribution is 5.57. The Morgan fingerprint density at radius 3 is 2.58 bits per heavy atom. The van der Waals surface area contributed by atoms with Crippen LogP contribution in [0.4, 0.5) is 5.82 Å². The van der Waals surface area contributed by atoms with Crippen molar-refractivity contribution < 1.29 is 5.11 Å². The Labute approximate surface area is 113 Å². The van der Waals surface area contributed by atoms with E-state index in [0.717, 1.165) is 17.1 Å². The number of aromatic nitrogens is 3. The number of aryl methyl sites for hydroxylation is 1. The van der Waals surface area contributed by atoms with Crippen LogP contribution in [0.5, 0.6) is 0 Å². The highest BCUT2D eigenvalue weighted by Gasteiger charge is 2.10. The minimum Gasteiger partial charge on any atom is -0.392 e. The van der Waals surface area contributed by atoms with Crippen molar-refractivity contribution in [1.29, 1.82) is 0 Å². The van der Waals surface area contributed by atoms with Gasteiger partial charge in [-0.2, -0.15) is 0 Å². The Balaban J connectivity index is 2.35. The highest BCUT2D eigenvalue weighted by atomic mass is 16.3. The summed E-state index contributed by atoms with van der Waals surface area (Å²) in [5.74, 6) is 1.48. The molecule has 5 heteroatoms. The Morgan fingerprint density at radius 1 is 1.26 bits per heavy atom. The van der Waals surface area contributed by atoms with Crippen LogP contribution in [-0.4, -0.2) is 39.8 Å². The largest absolute Gasteiger partial charge is 0.392 e. The van der Waals surface area contributed by atoms with Gasteiger partial charge < -0.3 is 10.0 Å². The van der Waals surface area contributed by atoms with Crippen LogP contribution in [0.1, 0.15) is 12.6 Å². The smallest absolute Gasteiger partial charge is 0.161 e. The van der Waals surface area contributed by atoms with Gasteiger partial charge in [0.2, 0.25) is 0 Å². The highest BCUT2D eigenvalue weighted by Crippen LogP contribution is 2.18. The molecular weight excluding hydrogens is 240 g/mol. The summed E-state index contributed by atoms with van der Waals surface area (Å²) >= 11 is 0. The van der Waals surface area contributed by atoms with Crippen LogP contribution in [0.3, 0.4) is 0 Å². The van der Waals surface area contributed by atoms with Crippen molar-refractivity contribution in [3.8, 4) is 11.4 Å². The van der Waals surface area contributed by atoms with Crippen LogP contribution in [0.15, 0.2) is 30.6 Å². The van der Waals surface area contributed by atoms with Crippen molar-refractivity contribution in [3.63, 3.8) is 0 Å². The first-order valence-electron chi connectivity index (χ1n) is 6.21. The zero-order valence-electron chi connectivity index (χ0n) is 11.4. The molecule has 0 aliphatic heterocycles. The van der Waals surface area contributed by atoms with E-state index in [1.807, 2.05) is 37.1 Å². The molecule has 2 aromatic rings. The number of nitrogens with zero attached hydrogens (tertiary/aromatic N) is 4. The summed E-state index contributed by atoms with van der Waals surface area (Å²) in [7, 11) is 1.91. The molecule has 0 radical (unpaired) electrons. The number of pyridine rings is 1. The molecule has 2 aromatic heterocycles. The molecule has 1 unspecified atom stereocenters. The molecule has 0 amide bonds. The van der Waals surface area contributed by atoms with Crippen LogP contribution in [-0.2, 0) is 0 Å². The van der Waals surface area contributed by atoms with E-state index in [-0.39, 0.29) is 0 Å². The lowest BCUT2D eigenvalue weighted by Gasteiger charge is -2.20. The molecule has 2 heterocycles. The molecule has 0 saturated carbocycles. The summed E-state index contributed by atoms with van der Waals surface area (Å²) in [6.45, 7) is 4.23. The van der Waals surface area contributed by atoms with Crippen molar-refractivity contribution in [2.45, 2.75) is 20.0 Å². The van der Waals surface area contributed by atoms with Crippen LogP contribution in [0, 0.1) is 6.92 Å². The first kappa shape index (κ1) is 13.4. The third kappa shape index (κ3) is 3.48. The van der Waals surface area contributed by atoms with E-state index in [4.69, 9.17) is 0 Å². The lowest BCUT2D eigenvalue weighted by molar-refractivity contribution is 0.201. The third-order valence-electron chi connectivity index (χ3n) is 2.71. The predicted molar refractivity (Wildman–Crippen MR) is 75.0 cm³/mol. The third-order valence-corrected chi connectivity index (χ3v) is 2.71. The normalized spacial score (nSPS) is 12.2. The molecule has 1 atom stereocenters. The number of rotatable bonds is 4. The van der Waals surface area contributed by atoms with E-state index in [2.05, 4.69) is 15.0 Å². The molecule has 0 saturated heterocycles. The van der Waals surface area contributed by atoms with Crippen molar-refractivity contribution >= 4 is 5.82 Å². The van der Waals surface area contributed by atoms with Crippen molar-refractivity contribution in [2.75, 3.05) is 18.5 Å². The zero-order chi connectivity index (χ0) is 13.8. The Kier molecular flexibility index (Phi) is 4.06. The molecule has 5 nitrogen and oxygen atoms in total. The Morgan fingerprint density at radius 2 is 1.95 bits per heavy atom. The van der Waals surface area contributed by atoms with Crippen LogP contribution in [0.25, 0.3) is 11.4 Å². The molecular formula is C14H18N4O. The first-order chi connectivity index (χ1) is 9.06. The fourth-order valence-electron chi connectivity index (χ4n) is 1.87. The molecule has 0 bridgehead atoms. The number of hydrogen-bond donors (Lipinski definition) is 1. The number of anilines is 1. The number of aliphatic hydroxyl groups excluding tert-OH is 1. The minimum absolute atomic E-state index is 0.398. The number of likely N-dealkylation sites (N-methyl/N-ethyl adjacent to an activating group) is 1. The maximum Gasteiger partial charge on any atom is 0.161 e. The van der Waals surface area contributed by atoms with Crippen LogP contribution in [0.2, 0.25) is 0 Å². The van der Waals surface area contributed by atoms with Crippen molar-refractivity contribution in [2.24, 2.45) is 0 Å². The quantitative estimate of drug-likeness (QED) is 0.903. The van der Waals surface area contributed by atoms with Gasteiger partial charge in [0, 0.05) is 43.3 Å². The molecule has 0 fully saturated rings. The second kappa shape index (κ2) is 5.75. The Bertz CT molecular complexity index is 542. The van der Waals surface area contributed by atoms with Gasteiger partial charge in [-0.15, -0.1) is 0 Å². The molecule has 19 heavy (non-hydrogen) atoms. The summed E-state index contributed by atoms with van der Waals surface area (Å²) in [4.78, 5) is 14.9. The van der Waals surface area contributed by atoms with Gasteiger partial charge in [0.05, 0.1) is 6.10 Å². The SMILES string of the molecule is Cc1cc(N(C)CC(C)O)nc(-c2ccncc2)n1. The average Bonchev–Trinajstić information content (AvgIpc) is 2.38. The molecule has 1 N–H and O–H groups in total. The van der Waals surface area contributed by atoms with Crippen LogP contribution >= 0.6 is 0 Å². The van der Waals surface area contributed by atoms with Gasteiger partial charge in [-0.25, -0.2) is 9.97 Å². The van der Waals surface area contributed by atoms with E-state index >= 15 is 0 Å². The Hall–Kier alpha value is -2.01.